The van der Waals surface area contributed by atoms with Crippen LogP contribution in [0, 0.1) is 0 Å². The molecule has 0 bridgehead atoms. The number of benzene rings is 2. The summed E-state index contributed by atoms with van der Waals surface area (Å²) >= 11 is 0. The molecule has 3 N–H and O–H groups in total. The van der Waals surface area contributed by atoms with Crippen LogP contribution in [0.4, 0.5) is 0 Å². The van der Waals surface area contributed by atoms with Crippen LogP contribution in [-0.4, -0.2) is 51.1 Å². The highest BCUT2D eigenvalue weighted by Gasteiger charge is 2.24. The Morgan fingerprint density at radius 3 is 2.88 bits per heavy atom. The summed E-state index contributed by atoms with van der Waals surface area (Å²) in [7, 11) is 0. The first kappa shape index (κ1) is 15.3. The van der Waals surface area contributed by atoms with E-state index in [1.165, 1.54) is 22.0 Å². The van der Waals surface area contributed by atoms with E-state index in [-0.39, 0.29) is 6.61 Å². The number of aliphatic hydroxyl groups is 2. The van der Waals surface area contributed by atoms with Gasteiger partial charge in [-0.1, -0.05) is 42.5 Å². The molecule has 0 radical (unpaired) electrons. The molecule has 0 fully saturated rings. The zero-order valence-electron chi connectivity index (χ0n) is 13.4. The maximum atomic E-state index is 9.72. The smallest absolute Gasteiger partial charge is 0.0974 e. The average Bonchev–Trinajstić information content (AvgIpc) is 3.04. The summed E-state index contributed by atoms with van der Waals surface area (Å²) in [5, 5.41) is 29.0. The van der Waals surface area contributed by atoms with Gasteiger partial charge in [0.25, 0.3) is 0 Å². The maximum Gasteiger partial charge on any atom is 0.0974 e. The van der Waals surface area contributed by atoms with Crippen LogP contribution in [0.1, 0.15) is 11.3 Å². The molecule has 1 aromatic heterocycles. The van der Waals surface area contributed by atoms with Crippen LogP contribution < -0.4 is 0 Å². The Labute approximate surface area is 140 Å². The highest BCUT2D eigenvalue weighted by Crippen LogP contribution is 2.33. The first-order valence-corrected chi connectivity index (χ1v) is 8.32. The number of β-amino-alcohol motifs (C(OH)–C–C–N with tert-alkyl or cyclic N) is 1. The van der Waals surface area contributed by atoms with Crippen molar-refractivity contribution in [2.24, 2.45) is 0 Å². The predicted molar refractivity (Wildman–Crippen MR) is 93.6 cm³/mol. The fraction of sp³-hybridized carbons (Fsp3) is 0.316. The molecule has 3 aromatic rings. The van der Waals surface area contributed by atoms with Crippen molar-refractivity contribution in [2.45, 2.75) is 19.1 Å². The van der Waals surface area contributed by atoms with Crippen LogP contribution in [-0.2, 0) is 13.0 Å². The SMILES string of the molecule is OC[C@@H](O)CN1CCc2[nH]nc(-c3cccc4ccccc34)c2C1. The normalized spacial score (nSPS) is 16.2. The van der Waals surface area contributed by atoms with Crippen molar-refractivity contribution in [1.82, 2.24) is 15.1 Å². The van der Waals surface area contributed by atoms with E-state index in [2.05, 4.69) is 51.5 Å². The van der Waals surface area contributed by atoms with Crippen molar-refractivity contribution < 1.29 is 10.2 Å². The van der Waals surface area contributed by atoms with Gasteiger partial charge in [0.2, 0.25) is 0 Å². The molecule has 0 unspecified atom stereocenters. The number of H-pyrrole nitrogens is 1. The second kappa shape index (κ2) is 6.36. The molecular weight excluding hydrogens is 302 g/mol. The molecule has 5 heteroatoms. The van der Waals surface area contributed by atoms with Crippen molar-refractivity contribution in [1.29, 1.82) is 0 Å². The van der Waals surface area contributed by atoms with E-state index in [4.69, 9.17) is 5.11 Å². The Balaban J connectivity index is 1.72. The lowest BCUT2D eigenvalue weighted by Crippen LogP contribution is -2.37. The predicted octanol–water partition coefficient (Wildman–Crippen LogP) is 1.94. The highest BCUT2D eigenvalue weighted by molar-refractivity contribution is 5.96. The van der Waals surface area contributed by atoms with Gasteiger partial charge in [0.1, 0.15) is 0 Å². The largest absolute Gasteiger partial charge is 0.394 e. The molecule has 2 heterocycles. The Morgan fingerprint density at radius 1 is 1.17 bits per heavy atom. The molecule has 0 amide bonds. The highest BCUT2D eigenvalue weighted by atomic mass is 16.3. The maximum absolute atomic E-state index is 9.72. The van der Waals surface area contributed by atoms with Crippen LogP contribution in [0.5, 0.6) is 0 Å². The standard InChI is InChI=1S/C19H21N3O2/c23-12-14(24)10-22-9-8-18-17(11-22)19(21-20-18)16-7-3-5-13-4-1-2-6-15(13)16/h1-7,14,23-24H,8-12H2,(H,20,21)/t14-/m0/s1. The zero-order valence-corrected chi connectivity index (χ0v) is 13.4. The molecular formula is C19H21N3O2. The first-order valence-electron chi connectivity index (χ1n) is 8.32. The number of fused-ring (bicyclic) bond motifs is 2. The first-order chi connectivity index (χ1) is 11.8. The van der Waals surface area contributed by atoms with Crippen molar-refractivity contribution in [3.63, 3.8) is 0 Å². The van der Waals surface area contributed by atoms with Crippen molar-refractivity contribution in [3.8, 4) is 11.3 Å². The van der Waals surface area contributed by atoms with E-state index in [9.17, 15) is 5.11 Å². The molecule has 2 aromatic carbocycles. The van der Waals surface area contributed by atoms with E-state index in [1.807, 2.05) is 6.07 Å². The number of hydrogen-bond donors (Lipinski definition) is 3. The van der Waals surface area contributed by atoms with Crippen LogP contribution in [0.25, 0.3) is 22.0 Å². The van der Waals surface area contributed by atoms with E-state index in [1.54, 1.807) is 0 Å². The van der Waals surface area contributed by atoms with Crippen LogP contribution >= 0.6 is 0 Å². The molecule has 0 saturated heterocycles. The monoisotopic (exact) mass is 323 g/mol. The lowest BCUT2D eigenvalue weighted by molar-refractivity contribution is 0.0551. The minimum absolute atomic E-state index is 0.203. The summed E-state index contributed by atoms with van der Waals surface area (Å²) in [6, 6.07) is 14.6. The summed E-state index contributed by atoms with van der Waals surface area (Å²) in [5.41, 5.74) is 4.50. The van der Waals surface area contributed by atoms with Gasteiger partial charge in [0.15, 0.2) is 0 Å². The van der Waals surface area contributed by atoms with E-state index >= 15 is 0 Å². The van der Waals surface area contributed by atoms with Gasteiger partial charge < -0.3 is 10.2 Å². The summed E-state index contributed by atoms with van der Waals surface area (Å²) in [6.45, 7) is 1.88. The van der Waals surface area contributed by atoms with Crippen LogP contribution in [0.2, 0.25) is 0 Å². The van der Waals surface area contributed by atoms with Crippen LogP contribution in [0.15, 0.2) is 42.5 Å². The fourth-order valence-corrected chi connectivity index (χ4v) is 3.52. The lowest BCUT2D eigenvalue weighted by atomic mass is 9.96. The number of hydrogen-bond acceptors (Lipinski definition) is 4. The van der Waals surface area contributed by atoms with Gasteiger partial charge in [-0.3, -0.25) is 10.00 Å². The van der Waals surface area contributed by atoms with Gasteiger partial charge in [-0.2, -0.15) is 5.10 Å². The topological polar surface area (TPSA) is 72.4 Å². The third-order valence-electron chi connectivity index (χ3n) is 4.74. The number of aromatic nitrogens is 2. The number of rotatable bonds is 4. The third-order valence-corrected chi connectivity index (χ3v) is 4.74. The molecule has 1 aliphatic heterocycles. The molecule has 124 valence electrons. The Morgan fingerprint density at radius 2 is 2.00 bits per heavy atom. The molecule has 5 nitrogen and oxygen atoms in total. The number of nitrogens with one attached hydrogen (secondary N) is 1. The summed E-state index contributed by atoms with van der Waals surface area (Å²) < 4.78 is 0. The molecule has 1 aliphatic rings. The molecule has 0 spiro atoms. The van der Waals surface area contributed by atoms with Crippen molar-refractivity contribution >= 4 is 10.8 Å². The summed E-state index contributed by atoms with van der Waals surface area (Å²) in [6.07, 6.45) is 0.185. The Hall–Kier alpha value is -2.21. The number of aromatic amines is 1. The zero-order chi connectivity index (χ0) is 16.5. The van der Waals surface area contributed by atoms with Gasteiger partial charge in [0.05, 0.1) is 18.4 Å². The van der Waals surface area contributed by atoms with E-state index in [0.717, 1.165) is 30.8 Å². The Bertz CT molecular complexity index is 853. The summed E-state index contributed by atoms with van der Waals surface area (Å²) in [5.74, 6) is 0. The minimum atomic E-state index is -0.695. The Kier molecular flexibility index (Phi) is 4.06. The molecule has 0 saturated carbocycles. The number of nitrogens with zero attached hydrogens (tertiary/aromatic N) is 2. The molecule has 1 atom stereocenters. The minimum Gasteiger partial charge on any atom is -0.394 e. The number of aliphatic hydroxyl groups excluding tert-OH is 2. The van der Waals surface area contributed by atoms with E-state index < -0.39 is 6.10 Å². The quantitative estimate of drug-likeness (QED) is 0.686. The van der Waals surface area contributed by atoms with Gasteiger partial charge >= 0.3 is 0 Å². The molecule has 0 aliphatic carbocycles. The van der Waals surface area contributed by atoms with Crippen LogP contribution in [0.3, 0.4) is 0 Å². The molecule has 24 heavy (non-hydrogen) atoms. The average molecular weight is 323 g/mol. The summed E-state index contributed by atoms with van der Waals surface area (Å²) in [4.78, 5) is 2.17. The second-order valence-corrected chi connectivity index (χ2v) is 6.38. The van der Waals surface area contributed by atoms with Crippen molar-refractivity contribution in [3.05, 3.63) is 53.7 Å². The third kappa shape index (κ3) is 2.71. The lowest BCUT2D eigenvalue weighted by Gasteiger charge is -2.28. The molecule has 4 rings (SSSR count). The second-order valence-electron chi connectivity index (χ2n) is 6.38. The van der Waals surface area contributed by atoms with Gasteiger partial charge in [-0.15, -0.1) is 0 Å². The van der Waals surface area contributed by atoms with Gasteiger partial charge in [-0.05, 0) is 10.8 Å². The van der Waals surface area contributed by atoms with E-state index in [0.29, 0.717) is 6.54 Å². The fourth-order valence-electron chi connectivity index (χ4n) is 3.52. The van der Waals surface area contributed by atoms with Gasteiger partial charge in [0, 0.05) is 42.9 Å². The van der Waals surface area contributed by atoms with Gasteiger partial charge in [-0.25, -0.2) is 0 Å². The van der Waals surface area contributed by atoms with Crippen molar-refractivity contribution in [2.75, 3.05) is 19.7 Å².